The van der Waals surface area contributed by atoms with E-state index in [1.165, 1.54) is 0 Å². The first-order chi connectivity index (χ1) is 4.33. The van der Waals surface area contributed by atoms with E-state index in [-0.39, 0.29) is 5.91 Å². The molecule has 1 saturated heterocycles. The molecule has 0 aromatic carbocycles. The molecule has 0 aromatic rings. The van der Waals surface area contributed by atoms with Gasteiger partial charge in [-0.1, -0.05) is 0 Å². The Morgan fingerprint density at radius 3 is 3.11 bits per heavy atom. The molecule has 4 heteroatoms. The van der Waals surface area contributed by atoms with Crippen LogP contribution >= 0.6 is 0 Å². The third-order valence-electron chi connectivity index (χ3n) is 1.46. The molecule has 0 radical (unpaired) electrons. The maximum Gasteiger partial charge on any atom is 0.279 e. The van der Waals surface area contributed by atoms with Crippen LogP contribution in [0.4, 0.5) is 0 Å². The van der Waals surface area contributed by atoms with Crippen LogP contribution in [0, 0.1) is 0 Å². The molecular weight excluding hydrogens is 117 g/mol. The van der Waals surface area contributed by atoms with Gasteiger partial charge in [0.2, 0.25) is 5.91 Å². The summed E-state index contributed by atoms with van der Waals surface area (Å²) in [6.07, 6.45) is 0.633. The monoisotopic (exact) mass is 127 g/mol. The van der Waals surface area contributed by atoms with Crippen molar-refractivity contribution < 1.29 is 9.45 Å². The van der Waals surface area contributed by atoms with Crippen LogP contribution in [0.25, 0.3) is 0 Å². The number of hydrogen-bond acceptors (Lipinski definition) is 2. The summed E-state index contributed by atoms with van der Waals surface area (Å²) in [6, 6.07) is 0. The number of hydrogen-bond donors (Lipinski definition) is 1. The molecule has 50 valence electrons. The van der Waals surface area contributed by atoms with Crippen molar-refractivity contribution in [2.45, 2.75) is 12.2 Å². The molecule has 1 unspecified atom stereocenters. The van der Waals surface area contributed by atoms with E-state index in [1.807, 2.05) is 0 Å². The Kier molecular flexibility index (Phi) is 2.11. The Balaban J connectivity index is 2.22. The number of rotatable bonds is 2. The SMILES string of the molecule is COBC1CNC(=O)C1. The van der Waals surface area contributed by atoms with Crippen molar-refractivity contribution in [2.24, 2.45) is 0 Å². The van der Waals surface area contributed by atoms with E-state index >= 15 is 0 Å². The van der Waals surface area contributed by atoms with Crippen LogP contribution in [-0.2, 0) is 9.45 Å². The predicted molar refractivity (Wildman–Crippen MR) is 35.5 cm³/mol. The molecule has 0 aromatic heterocycles. The van der Waals surface area contributed by atoms with Crippen molar-refractivity contribution in [3.63, 3.8) is 0 Å². The lowest BCUT2D eigenvalue weighted by molar-refractivity contribution is -0.119. The largest absolute Gasteiger partial charge is 0.442 e. The standard InChI is InChI=1S/C5H10BNO2/c1-9-6-4-2-5(8)7-3-4/h4,6H,2-3H2,1H3,(H,7,8). The molecule has 3 nitrogen and oxygen atoms in total. The highest BCUT2D eigenvalue weighted by Gasteiger charge is 2.21. The highest BCUT2D eigenvalue weighted by atomic mass is 16.4. The molecule has 1 fully saturated rings. The summed E-state index contributed by atoms with van der Waals surface area (Å²) in [5.74, 6) is 0.555. The second-order valence-corrected chi connectivity index (χ2v) is 2.33. The first-order valence-corrected chi connectivity index (χ1v) is 3.08. The Bertz CT molecular complexity index is 118. The summed E-state index contributed by atoms with van der Waals surface area (Å²) >= 11 is 0. The van der Waals surface area contributed by atoms with Crippen LogP contribution < -0.4 is 5.32 Å². The Morgan fingerprint density at radius 1 is 1.89 bits per heavy atom. The van der Waals surface area contributed by atoms with E-state index in [2.05, 4.69) is 5.32 Å². The molecule has 9 heavy (non-hydrogen) atoms. The zero-order valence-corrected chi connectivity index (χ0v) is 5.52. The molecule has 0 aliphatic carbocycles. The van der Waals surface area contributed by atoms with Crippen LogP contribution in [0.3, 0.4) is 0 Å². The van der Waals surface area contributed by atoms with Crippen LogP contribution in [0.5, 0.6) is 0 Å². The van der Waals surface area contributed by atoms with Gasteiger partial charge in [-0.3, -0.25) is 4.79 Å². The van der Waals surface area contributed by atoms with E-state index in [0.717, 1.165) is 6.54 Å². The van der Waals surface area contributed by atoms with E-state index in [9.17, 15) is 4.79 Å². The fourth-order valence-electron chi connectivity index (χ4n) is 1.02. The van der Waals surface area contributed by atoms with Gasteiger partial charge in [0.05, 0.1) is 0 Å². The minimum absolute atomic E-state index is 0.150. The van der Waals surface area contributed by atoms with E-state index in [0.29, 0.717) is 19.7 Å². The minimum Gasteiger partial charge on any atom is -0.442 e. The van der Waals surface area contributed by atoms with Gasteiger partial charge in [0.15, 0.2) is 0 Å². The molecule has 1 amide bonds. The smallest absolute Gasteiger partial charge is 0.279 e. The third-order valence-corrected chi connectivity index (χ3v) is 1.46. The lowest BCUT2D eigenvalue weighted by atomic mass is 9.79. The normalized spacial score (nSPS) is 25.9. The molecule has 1 rings (SSSR count). The summed E-state index contributed by atoms with van der Waals surface area (Å²) < 4.78 is 4.88. The first kappa shape index (κ1) is 6.61. The fourth-order valence-corrected chi connectivity index (χ4v) is 1.02. The van der Waals surface area contributed by atoms with Gasteiger partial charge in [0.1, 0.15) is 0 Å². The number of carbonyl (C=O) groups is 1. The average Bonchev–Trinajstić information content (AvgIpc) is 2.17. The molecule has 1 aliphatic rings. The van der Waals surface area contributed by atoms with Crippen molar-refractivity contribution >= 4 is 13.4 Å². The summed E-state index contributed by atoms with van der Waals surface area (Å²) in [5, 5.41) is 2.74. The van der Waals surface area contributed by atoms with Gasteiger partial charge >= 0.3 is 0 Å². The van der Waals surface area contributed by atoms with Crippen molar-refractivity contribution in [3.05, 3.63) is 0 Å². The summed E-state index contributed by atoms with van der Waals surface area (Å²) in [7, 11) is 2.35. The molecule has 1 atom stereocenters. The van der Waals surface area contributed by atoms with Gasteiger partial charge in [-0.05, 0) is 5.82 Å². The zero-order chi connectivity index (χ0) is 6.69. The molecule has 0 bridgehead atoms. The van der Waals surface area contributed by atoms with Gasteiger partial charge in [-0.15, -0.1) is 0 Å². The van der Waals surface area contributed by atoms with Crippen LogP contribution in [-0.4, -0.2) is 27.0 Å². The van der Waals surface area contributed by atoms with Crippen molar-refractivity contribution in [1.82, 2.24) is 5.32 Å². The second kappa shape index (κ2) is 2.87. The van der Waals surface area contributed by atoms with Crippen molar-refractivity contribution in [3.8, 4) is 0 Å². The number of nitrogens with one attached hydrogen (secondary N) is 1. The van der Waals surface area contributed by atoms with E-state index < -0.39 is 0 Å². The van der Waals surface area contributed by atoms with Gasteiger partial charge < -0.3 is 9.97 Å². The minimum atomic E-state index is 0.150. The number of amides is 1. The lowest BCUT2D eigenvalue weighted by Crippen LogP contribution is -2.14. The van der Waals surface area contributed by atoms with Gasteiger partial charge in [-0.2, -0.15) is 0 Å². The maximum absolute atomic E-state index is 10.6. The highest BCUT2D eigenvalue weighted by molar-refractivity contribution is 6.31. The fraction of sp³-hybridized carbons (Fsp3) is 0.800. The molecule has 1 heterocycles. The van der Waals surface area contributed by atoms with Gasteiger partial charge in [0.25, 0.3) is 7.48 Å². The molecule has 0 saturated carbocycles. The Morgan fingerprint density at radius 2 is 2.67 bits per heavy atom. The topological polar surface area (TPSA) is 38.3 Å². The third kappa shape index (κ3) is 1.71. The zero-order valence-electron chi connectivity index (χ0n) is 5.52. The van der Waals surface area contributed by atoms with Crippen molar-refractivity contribution in [1.29, 1.82) is 0 Å². The van der Waals surface area contributed by atoms with Crippen LogP contribution in [0.15, 0.2) is 0 Å². The van der Waals surface area contributed by atoms with Crippen LogP contribution in [0.1, 0.15) is 6.42 Å². The number of carbonyl (C=O) groups excluding carboxylic acids is 1. The first-order valence-electron chi connectivity index (χ1n) is 3.08. The molecular formula is C5H10BNO2. The van der Waals surface area contributed by atoms with Gasteiger partial charge in [-0.25, -0.2) is 0 Å². The molecule has 1 N–H and O–H groups in total. The molecule has 0 spiro atoms. The van der Waals surface area contributed by atoms with Crippen LogP contribution in [0.2, 0.25) is 5.82 Å². The second-order valence-electron chi connectivity index (χ2n) is 2.33. The quantitative estimate of drug-likeness (QED) is 0.497. The highest BCUT2D eigenvalue weighted by Crippen LogP contribution is 2.12. The van der Waals surface area contributed by atoms with E-state index in [1.54, 1.807) is 7.11 Å². The Hall–Kier alpha value is -0.505. The summed E-state index contributed by atoms with van der Waals surface area (Å²) in [4.78, 5) is 10.6. The average molecular weight is 127 g/mol. The maximum atomic E-state index is 10.6. The van der Waals surface area contributed by atoms with E-state index in [4.69, 9.17) is 4.65 Å². The lowest BCUT2D eigenvalue weighted by Gasteiger charge is -1.99. The predicted octanol–water partition coefficient (Wildman–Crippen LogP) is -0.707. The summed E-state index contributed by atoms with van der Waals surface area (Å²) in [6.45, 7) is 0.784. The molecule has 1 aliphatic heterocycles. The van der Waals surface area contributed by atoms with Gasteiger partial charge in [0, 0.05) is 20.1 Å². The Labute approximate surface area is 55.0 Å². The summed E-state index contributed by atoms with van der Waals surface area (Å²) in [5.41, 5.74) is 0. The van der Waals surface area contributed by atoms with Crippen molar-refractivity contribution in [2.75, 3.05) is 13.7 Å².